The van der Waals surface area contributed by atoms with Crippen LogP contribution in [-0.4, -0.2) is 47.0 Å². The molecule has 0 amide bonds. The van der Waals surface area contributed by atoms with E-state index in [1.807, 2.05) is 30.3 Å². The summed E-state index contributed by atoms with van der Waals surface area (Å²) >= 11 is 3.49. The van der Waals surface area contributed by atoms with Crippen LogP contribution in [0.4, 0.5) is 14.6 Å². The summed E-state index contributed by atoms with van der Waals surface area (Å²) in [6, 6.07) is 15.3. The zero-order valence-corrected chi connectivity index (χ0v) is 25.5. The van der Waals surface area contributed by atoms with Crippen LogP contribution in [0.5, 0.6) is 0 Å². The van der Waals surface area contributed by atoms with E-state index in [4.69, 9.17) is 0 Å². The first-order valence-corrected chi connectivity index (χ1v) is 13.3. The Labute approximate surface area is 239 Å². The van der Waals surface area contributed by atoms with Crippen LogP contribution >= 0.6 is 15.9 Å². The van der Waals surface area contributed by atoms with Gasteiger partial charge in [-0.15, -0.1) is 35.9 Å². The second-order valence-corrected chi connectivity index (χ2v) is 11.2. The van der Waals surface area contributed by atoms with Crippen LogP contribution < -0.4 is 5.32 Å². The molecule has 5 rings (SSSR count). The number of fused-ring (bicyclic) bond motifs is 1. The third-order valence-corrected chi connectivity index (χ3v) is 8.42. The van der Waals surface area contributed by atoms with Crippen LogP contribution in [-0.2, 0) is 10.0 Å². The Bertz CT molecular complexity index is 1490. The van der Waals surface area contributed by atoms with Crippen LogP contribution in [0.2, 0.25) is 0 Å². The minimum atomic E-state index is -3.93. The zero-order valence-electron chi connectivity index (χ0n) is 19.0. The number of hydrogen-bond acceptors (Lipinski definition) is 5. The SMILES string of the molecule is O=S(=O)(c1ccc(F)c(F)c1)N1CCCC(CNc2cc(-c3[c-]cccc3)nc3c(Br)cnn23)C1.[U]. The van der Waals surface area contributed by atoms with Gasteiger partial charge in [-0.1, -0.05) is 0 Å². The topological polar surface area (TPSA) is 79.6 Å². The van der Waals surface area contributed by atoms with Crippen molar-refractivity contribution in [1.82, 2.24) is 18.9 Å². The van der Waals surface area contributed by atoms with E-state index in [1.54, 1.807) is 10.7 Å². The standard InChI is InChI=1S/C24H21BrF2N5O2S.U/c25-19-14-29-32-23(12-22(30-24(19)32)17-6-2-1-3-7-17)28-13-16-5-4-10-31(15-16)35(33,34)18-8-9-20(26)21(27)11-18;/h1-3,6,8-9,11-12,14,16,28H,4-5,10,13,15H2;/q-1;. The zero-order chi connectivity index (χ0) is 24.6. The molecule has 12 heteroatoms. The molecule has 0 saturated carbocycles. The van der Waals surface area contributed by atoms with Crippen molar-refractivity contribution in [2.24, 2.45) is 5.92 Å². The number of anilines is 1. The van der Waals surface area contributed by atoms with Gasteiger partial charge in [0.15, 0.2) is 17.3 Å². The van der Waals surface area contributed by atoms with Crippen molar-refractivity contribution in [3.05, 3.63) is 76.9 Å². The van der Waals surface area contributed by atoms with E-state index < -0.39 is 21.7 Å². The maximum absolute atomic E-state index is 13.7. The molecule has 4 aromatic rings. The number of piperidine rings is 1. The van der Waals surface area contributed by atoms with Crippen LogP contribution in [0.1, 0.15) is 12.8 Å². The van der Waals surface area contributed by atoms with Crippen LogP contribution in [0.15, 0.2) is 64.1 Å². The second kappa shape index (κ2) is 11.3. The van der Waals surface area contributed by atoms with Gasteiger partial charge < -0.3 is 5.32 Å². The summed E-state index contributed by atoms with van der Waals surface area (Å²) < 4.78 is 56.8. The van der Waals surface area contributed by atoms with Crippen LogP contribution in [0, 0.1) is 54.7 Å². The van der Waals surface area contributed by atoms with Gasteiger partial charge in [-0.2, -0.15) is 13.9 Å². The van der Waals surface area contributed by atoms with E-state index in [2.05, 4.69) is 37.4 Å². The minimum absolute atomic E-state index is 0. The summed E-state index contributed by atoms with van der Waals surface area (Å²) in [4.78, 5) is 4.44. The average Bonchev–Trinajstić information content (AvgIpc) is 3.25. The van der Waals surface area contributed by atoms with Crippen molar-refractivity contribution in [3.63, 3.8) is 0 Å². The first kappa shape index (κ1) is 27.2. The Balaban J connectivity index is 0.00000304. The fraction of sp³-hybridized carbons (Fsp3) is 0.250. The molecule has 3 heterocycles. The first-order valence-electron chi connectivity index (χ1n) is 11.0. The molecule has 0 bridgehead atoms. The summed E-state index contributed by atoms with van der Waals surface area (Å²) in [6.07, 6.45) is 3.16. The predicted octanol–water partition coefficient (Wildman–Crippen LogP) is 4.75. The molecule has 0 aliphatic carbocycles. The molecule has 7 nitrogen and oxygen atoms in total. The van der Waals surface area contributed by atoms with E-state index in [-0.39, 0.29) is 48.5 Å². The number of nitrogens with one attached hydrogen (secondary N) is 1. The van der Waals surface area contributed by atoms with Crippen LogP contribution in [0.3, 0.4) is 0 Å². The average molecular weight is 799 g/mol. The first-order chi connectivity index (χ1) is 16.8. The summed E-state index contributed by atoms with van der Waals surface area (Å²) in [6.45, 7) is 1.10. The van der Waals surface area contributed by atoms with Crippen molar-refractivity contribution in [1.29, 1.82) is 0 Å². The van der Waals surface area contributed by atoms with Gasteiger partial charge in [-0.05, 0) is 64.6 Å². The summed E-state index contributed by atoms with van der Waals surface area (Å²) in [5.41, 5.74) is 2.22. The summed E-state index contributed by atoms with van der Waals surface area (Å²) in [5, 5.41) is 7.79. The molecule has 36 heavy (non-hydrogen) atoms. The Hall–Kier alpha value is -1.84. The summed E-state index contributed by atoms with van der Waals surface area (Å²) in [5.74, 6) is -1.53. The predicted molar refractivity (Wildman–Crippen MR) is 131 cm³/mol. The van der Waals surface area contributed by atoms with Gasteiger partial charge in [-0.25, -0.2) is 17.2 Å². The number of sulfonamides is 1. The van der Waals surface area contributed by atoms with Gasteiger partial charge in [0.25, 0.3) is 0 Å². The Morgan fingerprint density at radius 2 is 2.00 bits per heavy atom. The molecule has 2 aromatic heterocycles. The van der Waals surface area contributed by atoms with E-state index in [9.17, 15) is 17.2 Å². The number of aromatic nitrogens is 3. The van der Waals surface area contributed by atoms with Crippen molar-refractivity contribution < 1.29 is 48.3 Å². The van der Waals surface area contributed by atoms with Gasteiger partial charge in [0.1, 0.15) is 5.82 Å². The van der Waals surface area contributed by atoms with E-state index in [0.717, 1.165) is 40.4 Å². The molecule has 1 saturated heterocycles. The normalized spacial score (nSPS) is 16.6. The maximum atomic E-state index is 13.7. The quantitative estimate of drug-likeness (QED) is 0.285. The van der Waals surface area contributed by atoms with Crippen molar-refractivity contribution in [2.45, 2.75) is 17.7 Å². The molecule has 1 N–H and O–H groups in total. The molecule has 0 radical (unpaired) electrons. The number of rotatable bonds is 6. The third-order valence-electron chi connectivity index (χ3n) is 6.00. The molecule has 1 fully saturated rings. The third kappa shape index (κ3) is 5.53. The van der Waals surface area contributed by atoms with E-state index in [0.29, 0.717) is 31.0 Å². The molecule has 1 aliphatic heterocycles. The Morgan fingerprint density at radius 3 is 2.75 bits per heavy atom. The molecule has 186 valence electrons. The molecule has 2 aromatic carbocycles. The Morgan fingerprint density at radius 1 is 1.17 bits per heavy atom. The molecule has 1 aliphatic rings. The molecule has 1 unspecified atom stereocenters. The maximum Gasteiger partial charge on any atom is 0.243 e. The Kier molecular flexibility index (Phi) is 8.52. The molecule has 1 atom stereocenters. The van der Waals surface area contributed by atoms with E-state index >= 15 is 0 Å². The monoisotopic (exact) mass is 798 g/mol. The number of halogens is 3. The molecule has 0 spiro atoms. The van der Waals surface area contributed by atoms with Crippen molar-refractivity contribution in [3.8, 4) is 11.3 Å². The largest absolute Gasteiger partial charge is 0.370 e. The fourth-order valence-corrected chi connectivity index (χ4v) is 6.11. The number of benzene rings is 2. The minimum Gasteiger partial charge on any atom is -0.370 e. The van der Waals surface area contributed by atoms with Gasteiger partial charge in [0.05, 0.1) is 15.6 Å². The van der Waals surface area contributed by atoms with Gasteiger partial charge in [0, 0.05) is 50.7 Å². The summed E-state index contributed by atoms with van der Waals surface area (Å²) in [7, 11) is -3.93. The van der Waals surface area contributed by atoms with Crippen molar-refractivity contribution in [2.75, 3.05) is 25.0 Å². The van der Waals surface area contributed by atoms with Crippen LogP contribution in [0.25, 0.3) is 16.9 Å². The number of hydrogen-bond donors (Lipinski definition) is 1. The fourth-order valence-electron chi connectivity index (χ4n) is 4.20. The van der Waals surface area contributed by atoms with Gasteiger partial charge >= 0.3 is 0 Å². The second-order valence-electron chi connectivity index (χ2n) is 8.36. The smallest absolute Gasteiger partial charge is 0.243 e. The molecular weight excluding hydrogens is 778 g/mol. The van der Waals surface area contributed by atoms with Gasteiger partial charge in [0.2, 0.25) is 10.0 Å². The molecular formula is C24H21BrF2N5O2SU-. The number of nitrogens with zero attached hydrogens (tertiary/aromatic N) is 4. The van der Waals surface area contributed by atoms with Gasteiger partial charge in [-0.3, -0.25) is 4.98 Å². The van der Waals surface area contributed by atoms with Crippen molar-refractivity contribution >= 4 is 37.4 Å². The van der Waals surface area contributed by atoms with E-state index in [1.165, 1.54) is 4.31 Å².